The summed E-state index contributed by atoms with van der Waals surface area (Å²) in [5.74, 6) is 0. The molecule has 0 aliphatic carbocycles. The second-order valence-electron chi connectivity index (χ2n) is 1.97. The fourth-order valence-electron chi connectivity index (χ4n) is 0.695. The number of rotatable bonds is 2. The van der Waals surface area contributed by atoms with Crippen LogP contribution in [0.25, 0.3) is 0 Å². The Labute approximate surface area is 74.3 Å². The second-order valence-corrected chi connectivity index (χ2v) is 3.20. The molecule has 1 radical (unpaired) electrons. The third kappa shape index (κ3) is 2.31. The largest absolute Gasteiger partial charge is 0.0924 e. The highest BCUT2D eigenvalue weighted by molar-refractivity contribution is 9.09. The van der Waals surface area contributed by atoms with E-state index >= 15 is 0 Å². The van der Waals surface area contributed by atoms with Gasteiger partial charge in [-0.2, -0.15) is 0 Å². The molecule has 0 spiro atoms. The van der Waals surface area contributed by atoms with Gasteiger partial charge in [0.2, 0.25) is 0 Å². The van der Waals surface area contributed by atoms with Crippen molar-refractivity contribution < 1.29 is 0 Å². The summed E-state index contributed by atoms with van der Waals surface area (Å²) >= 11 is 9.02. The SMILES string of the molecule is Clc1c[c]c(CCBr)cc1. The van der Waals surface area contributed by atoms with Gasteiger partial charge < -0.3 is 0 Å². The number of alkyl halides is 1. The minimum absolute atomic E-state index is 0.748. The van der Waals surface area contributed by atoms with Crippen LogP contribution in [0.5, 0.6) is 0 Å². The van der Waals surface area contributed by atoms with Crippen molar-refractivity contribution in [3.05, 3.63) is 34.9 Å². The summed E-state index contributed by atoms with van der Waals surface area (Å²) in [6, 6.07) is 8.74. The minimum Gasteiger partial charge on any atom is -0.0924 e. The van der Waals surface area contributed by atoms with E-state index < -0.39 is 0 Å². The van der Waals surface area contributed by atoms with Gasteiger partial charge in [-0.15, -0.1) is 0 Å². The molecule has 0 aliphatic rings. The lowest BCUT2D eigenvalue weighted by Crippen LogP contribution is -1.83. The molecule has 10 heavy (non-hydrogen) atoms. The fraction of sp³-hybridized carbons (Fsp3) is 0.250. The van der Waals surface area contributed by atoms with Crippen molar-refractivity contribution in [1.82, 2.24) is 0 Å². The van der Waals surface area contributed by atoms with E-state index in [9.17, 15) is 0 Å². The second kappa shape index (κ2) is 3.99. The zero-order chi connectivity index (χ0) is 7.40. The first kappa shape index (κ1) is 8.09. The zero-order valence-corrected chi connectivity index (χ0v) is 7.74. The first-order valence-corrected chi connectivity index (χ1v) is 4.55. The number of halogens is 2. The Morgan fingerprint density at radius 1 is 1.50 bits per heavy atom. The summed E-state index contributed by atoms with van der Waals surface area (Å²) in [6.07, 6.45) is 1.01. The van der Waals surface area contributed by atoms with Crippen LogP contribution in [0.2, 0.25) is 5.02 Å². The summed E-state index contributed by atoms with van der Waals surface area (Å²) in [6.45, 7) is 0. The van der Waals surface area contributed by atoms with Crippen molar-refractivity contribution in [3.63, 3.8) is 0 Å². The van der Waals surface area contributed by atoms with Crippen LogP contribution in [0.3, 0.4) is 0 Å². The van der Waals surface area contributed by atoms with Gasteiger partial charge in [0.15, 0.2) is 0 Å². The Morgan fingerprint density at radius 3 is 2.80 bits per heavy atom. The molecular formula is C8H7BrCl. The van der Waals surface area contributed by atoms with Gasteiger partial charge in [-0.3, -0.25) is 0 Å². The summed E-state index contributed by atoms with van der Waals surface area (Å²) in [5, 5.41) is 1.73. The van der Waals surface area contributed by atoms with Crippen molar-refractivity contribution >= 4 is 27.5 Å². The highest BCUT2D eigenvalue weighted by Gasteiger charge is 1.90. The number of hydrogen-bond acceptors (Lipinski definition) is 0. The van der Waals surface area contributed by atoms with Crippen molar-refractivity contribution in [2.75, 3.05) is 5.33 Å². The summed E-state index contributed by atoms with van der Waals surface area (Å²) in [4.78, 5) is 0. The molecule has 0 nitrogen and oxygen atoms in total. The maximum Gasteiger partial charge on any atom is 0.0412 e. The molecule has 0 atom stereocenters. The number of aryl methyl sites for hydroxylation is 1. The number of benzene rings is 1. The minimum atomic E-state index is 0.748. The van der Waals surface area contributed by atoms with Gasteiger partial charge in [-0.25, -0.2) is 0 Å². The molecule has 1 aromatic rings. The van der Waals surface area contributed by atoms with E-state index in [1.165, 1.54) is 5.56 Å². The maximum absolute atomic E-state index is 5.67. The first-order chi connectivity index (χ1) is 4.83. The predicted octanol–water partition coefficient (Wildman–Crippen LogP) is 3.08. The van der Waals surface area contributed by atoms with Gasteiger partial charge in [0.25, 0.3) is 0 Å². The predicted molar refractivity (Wildman–Crippen MR) is 47.8 cm³/mol. The summed E-state index contributed by atoms with van der Waals surface area (Å²) < 4.78 is 0. The van der Waals surface area contributed by atoms with Crippen LogP contribution in [-0.2, 0) is 6.42 Å². The molecular weight excluding hydrogens is 211 g/mol. The van der Waals surface area contributed by atoms with Gasteiger partial charge in [0.05, 0.1) is 0 Å². The Morgan fingerprint density at radius 2 is 2.30 bits per heavy atom. The van der Waals surface area contributed by atoms with Crippen molar-refractivity contribution in [1.29, 1.82) is 0 Å². The summed E-state index contributed by atoms with van der Waals surface area (Å²) in [5.41, 5.74) is 1.20. The van der Waals surface area contributed by atoms with Crippen LogP contribution in [0.4, 0.5) is 0 Å². The lowest BCUT2D eigenvalue weighted by Gasteiger charge is -1.94. The van der Waals surface area contributed by atoms with E-state index in [2.05, 4.69) is 22.0 Å². The molecule has 0 heterocycles. The average molecular weight is 219 g/mol. The fourth-order valence-corrected chi connectivity index (χ4v) is 1.24. The normalized spacial score (nSPS) is 9.80. The molecule has 0 N–H and O–H groups in total. The van der Waals surface area contributed by atoms with E-state index in [1.54, 1.807) is 6.07 Å². The zero-order valence-electron chi connectivity index (χ0n) is 5.40. The molecule has 0 aliphatic heterocycles. The van der Waals surface area contributed by atoms with Crippen molar-refractivity contribution in [2.24, 2.45) is 0 Å². The third-order valence-corrected chi connectivity index (χ3v) is 1.83. The van der Waals surface area contributed by atoms with Crippen LogP contribution >= 0.6 is 27.5 Å². The first-order valence-electron chi connectivity index (χ1n) is 3.05. The third-order valence-electron chi connectivity index (χ3n) is 1.20. The van der Waals surface area contributed by atoms with Crippen LogP contribution in [-0.4, -0.2) is 5.33 Å². The van der Waals surface area contributed by atoms with E-state index in [0.717, 1.165) is 16.8 Å². The summed E-state index contributed by atoms with van der Waals surface area (Å²) in [7, 11) is 0. The topological polar surface area (TPSA) is 0 Å². The van der Waals surface area contributed by atoms with Crippen LogP contribution in [0, 0.1) is 6.07 Å². The molecule has 1 aromatic carbocycles. The highest BCUT2D eigenvalue weighted by atomic mass is 79.9. The van der Waals surface area contributed by atoms with E-state index in [-0.39, 0.29) is 0 Å². The van der Waals surface area contributed by atoms with Gasteiger partial charge in [0, 0.05) is 10.4 Å². The van der Waals surface area contributed by atoms with E-state index in [0.29, 0.717) is 0 Å². The Balaban J connectivity index is 2.69. The Bertz CT molecular complexity index is 193. The molecule has 0 unspecified atom stereocenters. The number of hydrogen-bond donors (Lipinski definition) is 0. The monoisotopic (exact) mass is 217 g/mol. The molecule has 0 saturated carbocycles. The lowest BCUT2D eigenvalue weighted by molar-refractivity contribution is 1.16. The van der Waals surface area contributed by atoms with E-state index in [1.807, 2.05) is 12.1 Å². The molecule has 0 fully saturated rings. The smallest absolute Gasteiger partial charge is 0.0412 e. The highest BCUT2D eigenvalue weighted by Crippen LogP contribution is 2.09. The van der Waals surface area contributed by atoms with Crippen molar-refractivity contribution in [3.8, 4) is 0 Å². The Kier molecular flexibility index (Phi) is 3.23. The molecule has 1 rings (SSSR count). The molecule has 2 heteroatoms. The molecule has 0 aromatic heterocycles. The quantitative estimate of drug-likeness (QED) is 0.669. The van der Waals surface area contributed by atoms with Crippen LogP contribution in [0.1, 0.15) is 5.56 Å². The van der Waals surface area contributed by atoms with Crippen LogP contribution < -0.4 is 0 Å². The van der Waals surface area contributed by atoms with Crippen LogP contribution in [0.15, 0.2) is 18.2 Å². The average Bonchev–Trinajstić information content (AvgIpc) is 1.95. The lowest BCUT2D eigenvalue weighted by atomic mass is 10.2. The van der Waals surface area contributed by atoms with Gasteiger partial charge in [0.1, 0.15) is 0 Å². The molecule has 0 bridgehead atoms. The van der Waals surface area contributed by atoms with Gasteiger partial charge in [-0.1, -0.05) is 33.6 Å². The molecule has 0 saturated heterocycles. The van der Waals surface area contributed by atoms with Gasteiger partial charge in [-0.05, 0) is 30.2 Å². The Hall–Kier alpha value is -0.0100. The molecule has 53 valence electrons. The van der Waals surface area contributed by atoms with E-state index in [4.69, 9.17) is 11.6 Å². The van der Waals surface area contributed by atoms with Gasteiger partial charge >= 0.3 is 0 Å². The maximum atomic E-state index is 5.67. The molecule has 0 amide bonds. The standard InChI is InChI=1S/C8H7BrCl/c9-6-5-7-1-3-8(10)4-2-7/h1,3-4H,5-6H2. The van der Waals surface area contributed by atoms with Crippen molar-refractivity contribution in [2.45, 2.75) is 6.42 Å².